The molecule has 552 valence electrons. The van der Waals surface area contributed by atoms with Crippen LogP contribution in [0.5, 0.6) is 0 Å². The summed E-state index contributed by atoms with van der Waals surface area (Å²) < 4.78 is 146. The number of carboxylic acid groups (broad SMARTS) is 2. The van der Waals surface area contributed by atoms with Crippen molar-refractivity contribution in [1.82, 2.24) is 31.9 Å². The van der Waals surface area contributed by atoms with Crippen molar-refractivity contribution in [3.05, 3.63) is 0 Å². The minimum absolute atomic E-state index is 0. The fourth-order valence-electron chi connectivity index (χ4n) is 10.9. The second kappa shape index (κ2) is 42.4. The Morgan fingerprint density at radius 2 is 1.01 bits per heavy atom. The number of rotatable bonds is 40. The van der Waals surface area contributed by atoms with Gasteiger partial charge in [-0.2, -0.15) is 11.8 Å². The van der Waals surface area contributed by atoms with Crippen LogP contribution in [-0.4, -0.2) is 345 Å². The fraction of sp³-hybridized carbons (Fsp3) is 0.863. The molecule has 6 amide bonds. The van der Waals surface area contributed by atoms with E-state index in [0.717, 1.165) is 38.9 Å². The van der Waals surface area contributed by atoms with Gasteiger partial charge in [-0.1, -0.05) is 6.42 Å². The molecule has 6 aliphatic heterocycles. The largest absolute Gasteiger partial charge is 1.00 e. The Hall–Kier alpha value is -2.58. The quantitative estimate of drug-likeness (QED) is 0.00890. The average Bonchev–Trinajstić information content (AvgIpc) is 1.75. The first kappa shape index (κ1) is 87.8. The number of unbranched alkanes of at least 4 members (excludes halogenated alkanes) is 1. The zero-order valence-electron chi connectivity index (χ0n) is 53.5. The van der Waals surface area contributed by atoms with E-state index in [1.807, 2.05) is 11.8 Å². The number of urea groups is 1. The van der Waals surface area contributed by atoms with E-state index in [1.165, 1.54) is 0 Å². The van der Waals surface area contributed by atoms with Crippen molar-refractivity contribution in [2.45, 2.75) is 186 Å². The predicted molar refractivity (Wildman–Crippen MR) is 307 cm³/mol. The summed E-state index contributed by atoms with van der Waals surface area (Å²) in [5.41, 5.74) is 0. The van der Waals surface area contributed by atoms with Gasteiger partial charge >= 0.3 is 77.1 Å². The molecule has 0 aromatic heterocycles. The normalized spacial score (nSPS) is 33.9. The standard InChI is InChI=1S/C51H84N6O36S3.2Na/c1-22(60)54-31-33(64)38(92-95(74,75)76)25(19-58)85-47(31)88-42-35(66)37(68)50(91-44(42)46(71)72)87-40-32(55-23(2)61)48(86-26(20-59)39(40)93-96(77,78)79)89-41-34(65)36(67)49(90-43(41)45(69)70)84-12-9-53-29(63)7-10-80-13-15-82-17-18-83-16-14-81-11-8-52-28(62)6-4-3-5-27-30-24(21-94-27)56-51(73)57-30;;/h24-27,30-44,47-50,58-59,64-68H,3-21H2,1-2H3,(H,52,62)(H,53,63)(H,54,60)(H,55,61)(H,69,70)(H,71,72)(H2,56,57,73)(H,74,75,76)(H,77,78,79);;/q;2*+1/p-2/t24-,25+,26+,27-,30-,31+,32+,33+,34+,35+,36+,37+,38-,39-,40+,41-,42-,43-,44-,47-,48-,49+,50+;;/m0../s1. The van der Waals surface area contributed by atoms with Crippen LogP contribution in [0.15, 0.2) is 0 Å². The number of fused-ring (bicyclic) bond motifs is 1. The Morgan fingerprint density at radius 1 is 0.551 bits per heavy atom. The number of carbonyl (C=O) groups excluding carboxylic acids is 5. The van der Waals surface area contributed by atoms with Gasteiger partial charge in [0, 0.05) is 50.8 Å². The second-order valence-corrected chi connectivity index (χ2v) is 25.6. The summed E-state index contributed by atoms with van der Waals surface area (Å²) in [4.78, 5) is 86.7. The smallest absolute Gasteiger partial charge is 0.726 e. The van der Waals surface area contributed by atoms with E-state index in [1.54, 1.807) is 0 Å². The van der Waals surface area contributed by atoms with Crippen molar-refractivity contribution >= 4 is 74.2 Å². The van der Waals surface area contributed by atoms with Gasteiger partial charge in [0.1, 0.15) is 85.3 Å². The summed E-state index contributed by atoms with van der Waals surface area (Å²) >= 11 is 1.84. The van der Waals surface area contributed by atoms with Crippen LogP contribution in [-0.2, 0) is 115 Å². The molecule has 6 aliphatic rings. The topological polar surface area (TPSA) is 617 Å². The molecule has 0 radical (unpaired) electrons. The number of aliphatic carboxylic acids is 2. The summed E-state index contributed by atoms with van der Waals surface area (Å²) in [7, 11) is -11.6. The second-order valence-electron chi connectivity index (χ2n) is 22.3. The summed E-state index contributed by atoms with van der Waals surface area (Å²) in [5.74, 6) is -5.79. The van der Waals surface area contributed by atoms with Crippen molar-refractivity contribution in [2.24, 2.45) is 0 Å². The van der Waals surface area contributed by atoms with Crippen LogP contribution in [0.3, 0.4) is 0 Å². The first-order valence-electron chi connectivity index (χ1n) is 30.0. The molecule has 6 fully saturated rings. The van der Waals surface area contributed by atoms with E-state index < -0.39 is 193 Å². The number of hydrogen-bond acceptors (Lipinski definition) is 35. The first-order chi connectivity index (χ1) is 45.4. The van der Waals surface area contributed by atoms with Gasteiger partial charge in [-0.05, 0) is 12.8 Å². The Bertz CT molecular complexity index is 2790. The molecular formula is C51H82N6Na2O36S3. The van der Waals surface area contributed by atoms with Gasteiger partial charge < -0.3 is 144 Å². The molecule has 0 bridgehead atoms. The van der Waals surface area contributed by atoms with E-state index >= 15 is 0 Å². The number of aliphatic hydroxyl groups excluding tert-OH is 7. The molecule has 6 heterocycles. The fourth-order valence-corrected chi connectivity index (χ4v) is 13.4. The van der Waals surface area contributed by atoms with Crippen LogP contribution in [0.1, 0.15) is 46.0 Å². The number of nitrogens with one attached hydrogen (secondary N) is 6. The van der Waals surface area contributed by atoms with Crippen LogP contribution < -0.4 is 91.0 Å². The summed E-state index contributed by atoms with van der Waals surface area (Å²) in [6.45, 7) is 0.400. The molecule has 23 atom stereocenters. The Labute approximate surface area is 609 Å². The number of thioether (sulfide) groups is 1. The first-order valence-corrected chi connectivity index (χ1v) is 33.8. The number of amides is 6. The van der Waals surface area contributed by atoms with Crippen molar-refractivity contribution in [2.75, 3.05) is 91.5 Å². The SMILES string of the molecule is CC(=O)N[C@H]1[C@H](O[C@H]2[C@H](O)[C@@H](O)[C@H](O[C@@H]3[C@@H](NC(C)=O)[C@H](O[C@H]4[C@H](O)[C@@H](O)[C@H](OCCNC(=O)CCOCCOCCOCCOCCNC(=O)CCCC[C@@H]5SC[C@@H]6NC(=O)N[C@@H]65)O[C@@H]4C(=O)O)O[C@H](CO)[C@@H]3OS(=O)(=O)[O-])O[C@@H]2C(=O)O)O[C@H](CO)[C@H](OS(=O)(=O)[O-])[C@@H]1O.[Na+].[Na+]. The van der Waals surface area contributed by atoms with E-state index in [0.29, 0.717) is 38.0 Å². The molecule has 0 aromatic rings. The number of aliphatic hydroxyl groups is 7. The third-order valence-corrected chi connectivity index (χ3v) is 17.7. The molecule has 6 saturated heterocycles. The molecule has 0 spiro atoms. The van der Waals surface area contributed by atoms with Gasteiger partial charge in [-0.15, -0.1) is 0 Å². The minimum atomic E-state index is -5.94. The number of carboxylic acids is 2. The third-order valence-electron chi connectivity index (χ3n) is 15.3. The zero-order valence-corrected chi connectivity index (χ0v) is 59.9. The predicted octanol–water partition coefficient (Wildman–Crippen LogP) is -15.9. The van der Waals surface area contributed by atoms with Gasteiger partial charge in [-0.25, -0.2) is 31.2 Å². The molecule has 0 aromatic carbocycles. The van der Waals surface area contributed by atoms with Gasteiger partial charge in [-0.3, -0.25) is 27.5 Å². The van der Waals surface area contributed by atoms with E-state index in [-0.39, 0.29) is 129 Å². The number of hydrogen-bond donors (Lipinski definition) is 15. The van der Waals surface area contributed by atoms with E-state index in [2.05, 4.69) is 40.3 Å². The zero-order chi connectivity index (χ0) is 70.6. The Balaban J connectivity index is 0.0000102. The van der Waals surface area contributed by atoms with Gasteiger partial charge in [0.2, 0.25) is 44.4 Å². The van der Waals surface area contributed by atoms with E-state index in [9.17, 15) is 105 Å². The Kier molecular flexibility index (Phi) is 38.0. The van der Waals surface area contributed by atoms with Crippen LogP contribution in [0.25, 0.3) is 0 Å². The van der Waals surface area contributed by atoms with Crippen molar-refractivity contribution < 1.29 is 230 Å². The van der Waals surface area contributed by atoms with Crippen LogP contribution >= 0.6 is 11.8 Å². The molecule has 0 unspecified atom stereocenters. The molecule has 0 aliphatic carbocycles. The van der Waals surface area contributed by atoms with Gasteiger partial charge in [0.25, 0.3) is 0 Å². The summed E-state index contributed by atoms with van der Waals surface area (Å²) in [6, 6.07) is -4.03. The summed E-state index contributed by atoms with van der Waals surface area (Å²) in [5, 5.41) is 113. The average molecular weight is 1500 g/mol. The number of carbonyl (C=O) groups is 7. The van der Waals surface area contributed by atoms with Gasteiger partial charge in [0.05, 0.1) is 84.8 Å². The van der Waals surface area contributed by atoms with Crippen LogP contribution in [0, 0.1) is 0 Å². The molecule has 42 nitrogen and oxygen atoms in total. The van der Waals surface area contributed by atoms with Crippen LogP contribution in [0.2, 0.25) is 0 Å². The Morgan fingerprint density at radius 3 is 1.54 bits per heavy atom. The maximum atomic E-state index is 12.8. The van der Waals surface area contributed by atoms with E-state index in [4.69, 9.17) is 56.8 Å². The maximum absolute atomic E-state index is 12.8. The molecule has 6 rings (SSSR count). The third kappa shape index (κ3) is 26.8. The molecule has 15 N–H and O–H groups in total. The number of ether oxygens (including phenoxy) is 12. The monoisotopic (exact) mass is 1500 g/mol. The molecule has 47 heteroatoms. The minimum Gasteiger partial charge on any atom is -0.726 e. The maximum Gasteiger partial charge on any atom is 1.00 e. The molecule has 0 saturated carbocycles. The van der Waals surface area contributed by atoms with Crippen molar-refractivity contribution in [3.8, 4) is 0 Å². The van der Waals surface area contributed by atoms with Crippen molar-refractivity contribution in [1.29, 1.82) is 0 Å². The van der Waals surface area contributed by atoms with Crippen LogP contribution in [0.4, 0.5) is 4.79 Å². The van der Waals surface area contributed by atoms with Gasteiger partial charge in [0.15, 0.2) is 37.4 Å². The van der Waals surface area contributed by atoms with Crippen molar-refractivity contribution in [3.63, 3.8) is 0 Å². The molecule has 98 heavy (non-hydrogen) atoms. The summed E-state index contributed by atoms with van der Waals surface area (Å²) in [6.07, 6.45) is -39.4. The molecular weight excluding hydrogens is 1410 g/mol.